The van der Waals surface area contributed by atoms with Crippen molar-refractivity contribution >= 4 is 9.84 Å². The molecule has 1 aromatic carbocycles. The van der Waals surface area contributed by atoms with E-state index in [-0.39, 0.29) is 18.1 Å². The van der Waals surface area contributed by atoms with Crippen molar-refractivity contribution in [1.29, 1.82) is 0 Å². The van der Waals surface area contributed by atoms with Crippen molar-refractivity contribution in [2.45, 2.75) is 5.75 Å². The molecular formula is C10H15NO3S. The van der Waals surface area contributed by atoms with Gasteiger partial charge in [-0.15, -0.1) is 0 Å². The first-order valence-electron chi connectivity index (χ1n) is 4.61. The maximum Gasteiger partial charge on any atom is 0.155 e. The molecule has 15 heavy (non-hydrogen) atoms. The van der Waals surface area contributed by atoms with Gasteiger partial charge in [-0.05, 0) is 17.7 Å². The number of ether oxygens (including phenoxy) is 1. The SMILES string of the molecule is COc1cccc(CS(=O)(=O)CCN)c1. The van der Waals surface area contributed by atoms with Crippen LogP contribution in [0.1, 0.15) is 5.56 Å². The molecule has 2 N–H and O–H groups in total. The van der Waals surface area contributed by atoms with Gasteiger partial charge in [0, 0.05) is 6.54 Å². The molecule has 1 aromatic rings. The highest BCUT2D eigenvalue weighted by Crippen LogP contribution is 2.14. The Morgan fingerprint density at radius 2 is 2.13 bits per heavy atom. The monoisotopic (exact) mass is 229 g/mol. The molecular weight excluding hydrogens is 214 g/mol. The van der Waals surface area contributed by atoms with Crippen molar-refractivity contribution in [2.24, 2.45) is 5.73 Å². The number of rotatable bonds is 5. The Morgan fingerprint density at radius 1 is 1.40 bits per heavy atom. The van der Waals surface area contributed by atoms with E-state index in [2.05, 4.69) is 0 Å². The van der Waals surface area contributed by atoms with Gasteiger partial charge in [0.2, 0.25) is 0 Å². The summed E-state index contributed by atoms with van der Waals surface area (Å²) in [5, 5.41) is 0. The summed E-state index contributed by atoms with van der Waals surface area (Å²) < 4.78 is 28.0. The van der Waals surface area contributed by atoms with Crippen molar-refractivity contribution < 1.29 is 13.2 Å². The first kappa shape index (κ1) is 12.0. The van der Waals surface area contributed by atoms with E-state index < -0.39 is 9.84 Å². The second-order valence-corrected chi connectivity index (χ2v) is 5.42. The highest BCUT2D eigenvalue weighted by molar-refractivity contribution is 7.90. The number of hydrogen-bond acceptors (Lipinski definition) is 4. The summed E-state index contributed by atoms with van der Waals surface area (Å²) in [5.41, 5.74) is 5.95. The van der Waals surface area contributed by atoms with Crippen LogP contribution >= 0.6 is 0 Å². The number of benzene rings is 1. The van der Waals surface area contributed by atoms with Gasteiger partial charge >= 0.3 is 0 Å². The van der Waals surface area contributed by atoms with E-state index in [9.17, 15) is 8.42 Å². The van der Waals surface area contributed by atoms with Crippen LogP contribution in [0.5, 0.6) is 5.75 Å². The van der Waals surface area contributed by atoms with E-state index in [0.717, 1.165) is 5.56 Å². The van der Waals surface area contributed by atoms with Gasteiger partial charge in [0.15, 0.2) is 9.84 Å². The molecule has 0 aliphatic carbocycles. The third-order valence-electron chi connectivity index (χ3n) is 1.95. The number of hydrogen-bond donors (Lipinski definition) is 1. The molecule has 0 aliphatic heterocycles. The van der Waals surface area contributed by atoms with Crippen LogP contribution in [0.25, 0.3) is 0 Å². The minimum Gasteiger partial charge on any atom is -0.497 e. The van der Waals surface area contributed by atoms with Crippen LogP contribution in [0.15, 0.2) is 24.3 Å². The average Bonchev–Trinajstić information content (AvgIpc) is 2.17. The predicted octanol–water partition coefficient (Wildman–Crippen LogP) is 0.569. The number of sulfone groups is 1. The Morgan fingerprint density at radius 3 is 2.73 bits per heavy atom. The van der Waals surface area contributed by atoms with E-state index >= 15 is 0 Å². The molecule has 0 radical (unpaired) electrons. The minimum atomic E-state index is -3.09. The van der Waals surface area contributed by atoms with Gasteiger partial charge in [-0.2, -0.15) is 0 Å². The zero-order valence-corrected chi connectivity index (χ0v) is 9.46. The second-order valence-electron chi connectivity index (χ2n) is 3.23. The normalized spacial score (nSPS) is 11.3. The van der Waals surface area contributed by atoms with Gasteiger partial charge in [-0.3, -0.25) is 0 Å². The lowest BCUT2D eigenvalue weighted by atomic mass is 10.2. The van der Waals surface area contributed by atoms with Gasteiger partial charge in [0.05, 0.1) is 18.6 Å². The predicted molar refractivity (Wildman–Crippen MR) is 59.5 cm³/mol. The number of nitrogens with two attached hydrogens (primary N) is 1. The van der Waals surface area contributed by atoms with Crippen LogP contribution in [0.2, 0.25) is 0 Å². The minimum absolute atomic E-state index is 0.0153. The van der Waals surface area contributed by atoms with Crippen LogP contribution < -0.4 is 10.5 Å². The van der Waals surface area contributed by atoms with Gasteiger partial charge in [0.1, 0.15) is 5.75 Å². The van der Waals surface area contributed by atoms with Crippen LogP contribution in [0.4, 0.5) is 0 Å². The summed E-state index contributed by atoms with van der Waals surface area (Å²) in [6.45, 7) is 0.159. The fraction of sp³-hybridized carbons (Fsp3) is 0.400. The summed E-state index contributed by atoms with van der Waals surface area (Å²) in [4.78, 5) is 0. The summed E-state index contributed by atoms with van der Waals surface area (Å²) in [6, 6.07) is 7.02. The van der Waals surface area contributed by atoms with Crippen molar-refractivity contribution in [2.75, 3.05) is 19.4 Å². The van der Waals surface area contributed by atoms with Crippen molar-refractivity contribution in [1.82, 2.24) is 0 Å². The van der Waals surface area contributed by atoms with Crippen molar-refractivity contribution in [3.63, 3.8) is 0 Å². The Labute approximate surface area is 90.0 Å². The highest BCUT2D eigenvalue weighted by Gasteiger charge is 2.10. The zero-order chi connectivity index (χ0) is 11.3. The Hall–Kier alpha value is -1.07. The molecule has 0 unspecified atom stereocenters. The second kappa shape index (κ2) is 5.14. The average molecular weight is 229 g/mol. The molecule has 0 atom stereocenters. The Balaban J connectivity index is 2.80. The highest BCUT2D eigenvalue weighted by atomic mass is 32.2. The van der Waals surface area contributed by atoms with Crippen molar-refractivity contribution in [3.8, 4) is 5.75 Å². The lowest BCUT2D eigenvalue weighted by molar-refractivity contribution is 0.414. The summed E-state index contributed by atoms with van der Waals surface area (Å²) in [7, 11) is -1.54. The smallest absolute Gasteiger partial charge is 0.155 e. The molecule has 0 saturated carbocycles. The molecule has 0 aliphatic rings. The molecule has 1 rings (SSSR count). The van der Waals surface area contributed by atoms with E-state index in [4.69, 9.17) is 10.5 Å². The Bertz CT molecular complexity index is 414. The molecule has 4 nitrogen and oxygen atoms in total. The fourth-order valence-electron chi connectivity index (χ4n) is 1.27. The molecule has 0 saturated heterocycles. The fourth-order valence-corrected chi connectivity index (χ4v) is 2.46. The largest absolute Gasteiger partial charge is 0.497 e. The molecule has 0 spiro atoms. The molecule has 0 aromatic heterocycles. The first-order valence-corrected chi connectivity index (χ1v) is 6.43. The third-order valence-corrected chi connectivity index (χ3v) is 3.58. The van der Waals surface area contributed by atoms with Gasteiger partial charge in [-0.25, -0.2) is 8.42 Å². The lowest BCUT2D eigenvalue weighted by Gasteiger charge is -2.05. The quantitative estimate of drug-likeness (QED) is 0.801. The lowest BCUT2D eigenvalue weighted by Crippen LogP contribution is -2.17. The molecule has 0 heterocycles. The van der Waals surface area contributed by atoms with Gasteiger partial charge in [0.25, 0.3) is 0 Å². The van der Waals surface area contributed by atoms with Gasteiger partial charge in [-0.1, -0.05) is 12.1 Å². The van der Waals surface area contributed by atoms with Crippen LogP contribution in [0.3, 0.4) is 0 Å². The van der Waals surface area contributed by atoms with E-state index in [1.165, 1.54) is 0 Å². The molecule has 0 amide bonds. The summed E-state index contributed by atoms with van der Waals surface area (Å²) in [5.74, 6) is 0.696. The van der Waals surface area contributed by atoms with Crippen LogP contribution in [0, 0.1) is 0 Å². The summed E-state index contributed by atoms with van der Waals surface area (Å²) >= 11 is 0. The van der Waals surface area contributed by atoms with Gasteiger partial charge < -0.3 is 10.5 Å². The molecule has 5 heteroatoms. The van der Waals surface area contributed by atoms with Crippen LogP contribution in [-0.2, 0) is 15.6 Å². The number of methoxy groups -OCH3 is 1. The van der Waals surface area contributed by atoms with Crippen molar-refractivity contribution in [3.05, 3.63) is 29.8 Å². The molecule has 0 fully saturated rings. The summed E-state index contributed by atoms with van der Waals surface area (Å²) in [6.07, 6.45) is 0. The standard InChI is InChI=1S/C10H15NO3S/c1-14-10-4-2-3-9(7-10)8-15(12,13)6-5-11/h2-4,7H,5-6,8,11H2,1H3. The Kier molecular flexibility index (Phi) is 4.11. The van der Waals surface area contributed by atoms with E-state index in [0.29, 0.717) is 5.75 Å². The van der Waals surface area contributed by atoms with E-state index in [1.54, 1.807) is 31.4 Å². The topological polar surface area (TPSA) is 69.4 Å². The van der Waals surface area contributed by atoms with Crippen LogP contribution in [-0.4, -0.2) is 27.8 Å². The third kappa shape index (κ3) is 3.89. The van der Waals surface area contributed by atoms with E-state index in [1.807, 2.05) is 0 Å². The molecule has 84 valence electrons. The zero-order valence-electron chi connectivity index (χ0n) is 8.64. The maximum absolute atomic E-state index is 11.5. The first-order chi connectivity index (χ1) is 7.07. The maximum atomic E-state index is 11.5. The molecule has 0 bridgehead atoms.